The van der Waals surface area contributed by atoms with Crippen LogP contribution in [0, 0.1) is 18.6 Å². The topological polar surface area (TPSA) is 63.4 Å². The van der Waals surface area contributed by atoms with Crippen LogP contribution in [-0.4, -0.2) is 11.8 Å². The Labute approximate surface area is 118 Å². The van der Waals surface area contributed by atoms with E-state index in [1.165, 1.54) is 6.07 Å². The number of hydrogen-bond donors (Lipinski definition) is 1. The number of hydrogen-bond acceptors (Lipinski definition) is 3. The maximum Gasteiger partial charge on any atom is 0.266 e. The second kappa shape index (κ2) is 4.37. The van der Waals surface area contributed by atoms with Crippen molar-refractivity contribution in [2.24, 2.45) is 0 Å². The molecule has 0 aromatic heterocycles. The molecule has 0 spiro atoms. The molecule has 2 aromatic rings. The number of amides is 2. The molecular formula is C15H10F2N2O2. The fourth-order valence-electron chi connectivity index (χ4n) is 2.38. The van der Waals surface area contributed by atoms with Gasteiger partial charge in [-0.05, 0) is 42.8 Å². The zero-order valence-electron chi connectivity index (χ0n) is 11.0. The summed E-state index contributed by atoms with van der Waals surface area (Å²) in [6.45, 7) is 1.69. The zero-order chi connectivity index (χ0) is 15.3. The molecule has 4 nitrogen and oxygen atoms in total. The van der Waals surface area contributed by atoms with Crippen LogP contribution < -0.4 is 10.6 Å². The Bertz CT molecular complexity index is 762. The van der Waals surface area contributed by atoms with Gasteiger partial charge in [-0.2, -0.15) is 0 Å². The summed E-state index contributed by atoms with van der Waals surface area (Å²) in [6.07, 6.45) is 0. The molecule has 3 rings (SSSR count). The number of imide groups is 1. The van der Waals surface area contributed by atoms with Gasteiger partial charge in [0.15, 0.2) is 11.6 Å². The maximum absolute atomic E-state index is 13.3. The summed E-state index contributed by atoms with van der Waals surface area (Å²) in [5.74, 6) is -3.68. The molecule has 0 saturated heterocycles. The molecule has 2 aromatic carbocycles. The summed E-state index contributed by atoms with van der Waals surface area (Å²) in [7, 11) is 0. The third kappa shape index (κ3) is 1.87. The zero-order valence-corrected chi connectivity index (χ0v) is 11.0. The first-order valence-electron chi connectivity index (χ1n) is 6.14. The van der Waals surface area contributed by atoms with E-state index in [9.17, 15) is 18.4 Å². The number of nitrogen functional groups attached to an aromatic ring is 1. The highest BCUT2D eigenvalue weighted by Crippen LogP contribution is 2.32. The number of aryl methyl sites for hydroxylation is 1. The van der Waals surface area contributed by atoms with Gasteiger partial charge in [-0.25, -0.2) is 13.7 Å². The first-order chi connectivity index (χ1) is 9.90. The Morgan fingerprint density at radius 1 is 0.952 bits per heavy atom. The number of nitrogens with two attached hydrogens (primary N) is 1. The number of halogens is 2. The van der Waals surface area contributed by atoms with E-state index in [4.69, 9.17) is 5.73 Å². The molecule has 0 saturated carbocycles. The van der Waals surface area contributed by atoms with Gasteiger partial charge in [0, 0.05) is 5.69 Å². The Morgan fingerprint density at radius 3 is 1.95 bits per heavy atom. The number of carbonyl (C=O) groups excluding carboxylic acids is 2. The van der Waals surface area contributed by atoms with E-state index < -0.39 is 23.4 Å². The fraction of sp³-hybridized carbons (Fsp3) is 0.0667. The van der Waals surface area contributed by atoms with Crippen molar-refractivity contribution in [3.8, 4) is 0 Å². The lowest BCUT2D eigenvalue weighted by Gasteiger charge is -2.16. The van der Waals surface area contributed by atoms with Crippen LogP contribution in [0.1, 0.15) is 26.3 Å². The third-order valence-corrected chi connectivity index (χ3v) is 3.39. The summed E-state index contributed by atoms with van der Waals surface area (Å²) >= 11 is 0. The quantitative estimate of drug-likeness (QED) is 0.648. The number of carbonyl (C=O) groups is 2. The van der Waals surface area contributed by atoms with Crippen molar-refractivity contribution >= 4 is 23.2 Å². The first-order valence-corrected chi connectivity index (χ1v) is 6.14. The molecule has 21 heavy (non-hydrogen) atoms. The van der Waals surface area contributed by atoms with Crippen molar-refractivity contribution < 1.29 is 18.4 Å². The molecule has 0 unspecified atom stereocenters. The van der Waals surface area contributed by atoms with E-state index in [1.54, 1.807) is 19.1 Å². The second-order valence-electron chi connectivity index (χ2n) is 4.80. The number of nitrogens with zero attached hydrogens (tertiary/aromatic N) is 1. The highest BCUT2D eigenvalue weighted by Gasteiger charge is 2.38. The minimum absolute atomic E-state index is 0.143. The number of benzene rings is 2. The Balaban J connectivity index is 2.16. The first kappa shape index (κ1) is 13.2. The van der Waals surface area contributed by atoms with Crippen molar-refractivity contribution in [3.05, 3.63) is 58.7 Å². The van der Waals surface area contributed by atoms with Gasteiger partial charge in [-0.15, -0.1) is 0 Å². The minimum Gasteiger partial charge on any atom is -0.399 e. The lowest BCUT2D eigenvalue weighted by Crippen LogP contribution is -2.30. The number of anilines is 2. The smallest absolute Gasteiger partial charge is 0.266 e. The Morgan fingerprint density at radius 2 is 1.48 bits per heavy atom. The van der Waals surface area contributed by atoms with Crippen molar-refractivity contribution in [1.29, 1.82) is 0 Å². The summed E-state index contributed by atoms with van der Waals surface area (Å²) in [6, 6.07) is 6.18. The molecule has 106 valence electrons. The standard InChI is InChI=1S/C15H10F2N2O2/c1-7-4-8(18)2-3-13(7)19-14(20)9-5-11(16)12(17)6-10(9)15(19)21/h2-6H,18H2,1H3. The summed E-state index contributed by atoms with van der Waals surface area (Å²) in [5.41, 5.74) is 6.80. The van der Waals surface area contributed by atoms with E-state index in [2.05, 4.69) is 0 Å². The molecule has 1 aliphatic rings. The Kier molecular flexibility index (Phi) is 2.76. The molecule has 6 heteroatoms. The van der Waals surface area contributed by atoms with E-state index >= 15 is 0 Å². The molecule has 0 aliphatic carbocycles. The molecule has 2 N–H and O–H groups in total. The van der Waals surface area contributed by atoms with Crippen LogP contribution >= 0.6 is 0 Å². The monoisotopic (exact) mass is 288 g/mol. The van der Waals surface area contributed by atoms with Crippen LogP contribution in [-0.2, 0) is 0 Å². The summed E-state index contributed by atoms with van der Waals surface area (Å²) < 4.78 is 26.5. The van der Waals surface area contributed by atoms with Crippen LogP contribution in [0.2, 0.25) is 0 Å². The van der Waals surface area contributed by atoms with E-state index in [0.717, 1.165) is 17.0 Å². The lowest BCUT2D eigenvalue weighted by molar-refractivity contribution is 0.0925. The molecule has 0 fully saturated rings. The van der Waals surface area contributed by atoms with Crippen LogP contribution in [0.25, 0.3) is 0 Å². The van der Waals surface area contributed by atoms with E-state index in [-0.39, 0.29) is 11.1 Å². The van der Waals surface area contributed by atoms with Crippen LogP contribution in [0.15, 0.2) is 30.3 Å². The van der Waals surface area contributed by atoms with E-state index in [0.29, 0.717) is 16.9 Å². The van der Waals surface area contributed by atoms with Crippen molar-refractivity contribution in [2.45, 2.75) is 6.92 Å². The molecule has 0 atom stereocenters. The van der Waals surface area contributed by atoms with Gasteiger partial charge in [-0.1, -0.05) is 0 Å². The van der Waals surface area contributed by atoms with Crippen LogP contribution in [0.5, 0.6) is 0 Å². The van der Waals surface area contributed by atoms with Crippen molar-refractivity contribution in [3.63, 3.8) is 0 Å². The van der Waals surface area contributed by atoms with Crippen LogP contribution in [0.3, 0.4) is 0 Å². The van der Waals surface area contributed by atoms with Gasteiger partial charge in [0.25, 0.3) is 11.8 Å². The molecular weight excluding hydrogens is 278 g/mol. The SMILES string of the molecule is Cc1cc(N)ccc1N1C(=O)c2cc(F)c(F)cc2C1=O. The average molecular weight is 288 g/mol. The highest BCUT2D eigenvalue weighted by molar-refractivity contribution is 6.34. The maximum atomic E-state index is 13.3. The number of rotatable bonds is 1. The molecule has 0 radical (unpaired) electrons. The van der Waals surface area contributed by atoms with Gasteiger partial charge in [0.2, 0.25) is 0 Å². The normalized spacial score (nSPS) is 13.8. The minimum atomic E-state index is -1.16. The van der Waals surface area contributed by atoms with Crippen molar-refractivity contribution in [2.75, 3.05) is 10.6 Å². The predicted octanol–water partition coefficient (Wildman–Crippen LogP) is 2.66. The molecule has 1 aliphatic heterocycles. The number of fused-ring (bicyclic) bond motifs is 1. The van der Waals surface area contributed by atoms with Gasteiger partial charge in [0.1, 0.15) is 0 Å². The highest BCUT2D eigenvalue weighted by atomic mass is 19.2. The second-order valence-corrected chi connectivity index (χ2v) is 4.80. The summed E-state index contributed by atoms with van der Waals surface area (Å²) in [4.78, 5) is 25.5. The fourth-order valence-corrected chi connectivity index (χ4v) is 2.38. The van der Waals surface area contributed by atoms with Crippen LogP contribution in [0.4, 0.5) is 20.2 Å². The molecule has 0 bridgehead atoms. The van der Waals surface area contributed by atoms with Gasteiger partial charge < -0.3 is 5.73 Å². The largest absolute Gasteiger partial charge is 0.399 e. The Hall–Kier alpha value is -2.76. The van der Waals surface area contributed by atoms with Crippen molar-refractivity contribution in [1.82, 2.24) is 0 Å². The average Bonchev–Trinajstić information content (AvgIpc) is 2.64. The predicted molar refractivity (Wildman–Crippen MR) is 73.1 cm³/mol. The third-order valence-electron chi connectivity index (χ3n) is 3.39. The van der Waals surface area contributed by atoms with Gasteiger partial charge >= 0.3 is 0 Å². The lowest BCUT2D eigenvalue weighted by atomic mass is 10.1. The van der Waals surface area contributed by atoms with Gasteiger partial charge in [-0.3, -0.25) is 9.59 Å². The molecule has 2 amide bonds. The summed E-state index contributed by atoms with van der Waals surface area (Å²) in [5, 5.41) is 0. The van der Waals surface area contributed by atoms with Gasteiger partial charge in [0.05, 0.1) is 16.8 Å². The molecule has 1 heterocycles. The van der Waals surface area contributed by atoms with E-state index in [1.807, 2.05) is 0 Å².